The van der Waals surface area contributed by atoms with Gasteiger partial charge in [0.05, 0.1) is 21.7 Å². The maximum atomic E-state index is 12.0. The van der Waals surface area contributed by atoms with E-state index in [1.165, 1.54) is 23.9 Å². The molecule has 0 spiro atoms. The van der Waals surface area contributed by atoms with E-state index in [-0.39, 0.29) is 16.3 Å². The summed E-state index contributed by atoms with van der Waals surface area (Å²) in [5, 5.41) is 14.6. The molecule has 2 aromatic rings. The van der Waals surface area contributed by atoms with Crippen molar-refractivity contribution >= 4 is 29.4 Å². The van der Waals surface area contributed by atoms with Gasteiger partial charge in [-0.3, -0.25) is 14.9 Å². The number of nitrogens with one attached hydrogen (secondary N) is 1. The van der Waals surface area contributed by atoms with Gasteiger partial charge in [0.15, 0.2) is 0 Å². The first-order chi connectivity index (χ1) is 12.0. The normalized spacial score (nSPS) is 10.8. The molecule has 1 N–H and O–H groups in total. The number of benzene rings is 2. The molecule has 130 valence electrons. The molecule has 0 fully saturated rings. The van der Waals surface area contributed by atoms with Crippen LogP contribution >= 0.6 is 11.6 Å². The Morgan fingerprint density at radius 1 is 1.28 bits per heavy atom. The quantitative estimate of drug-likeness (QED) is 0.453. The first kappa shape index (κ1) is 18.6. The molecule has 7 heteroatoms. The molecule has 0 aliphatic carbocycles. The standard InChI is InChI=1S/C18H18ClN3O3/c1-2-3-4-13-5-7-14(8-6-13)12-20-21-18(23)16-10-9-15(22(24)25)11-17(16)19/h5-12H,2-4H2,1H3,(H,21,23)/b20-12+. The molecule has 2 rings (SSSR count). The van der Waals surface area contributed by atoms with E-state index in [1.807, 2.05) is 24.3 Å². The fourth-order valence-electron chi connectivity index (χ4n) is 2.18. The Morgan fingerprint density at radius 2 is 2.00 bits per heavy atom. The van der Waals surface area contributed by atoms with Crippen molar-refractivity contribution < 1.29 is 9.72 Å². The molecule has 0 atom stereocenters. The lowest BCUT2D eigenvalue weighted by molar-refractivity contribution is -0.384. The molecule has 25 heavy (non-hydrogen) atoms. The second-order valence-corrected chi connectivity index (χ2v) is 5.87. The van der Waals surface area contributed by atoms with Crippen molar-refractivity contribution in [1.29, 1.82) is 0 Å². The third-order valence-corrected chi connectivity index (χ3v) is 3.90. The monoisotopic (exact) mass is 359 g/mol. The Balaban J connectivity index is 1.97. The lowest BCUT2D eigenvalue weighted by Gasteiger charge is -2.03. The van der Waals surface area contributed by atoms with Crippen molar-refractivity contribution in [3.8, 4) is 0 Å². The van der Waals surface area contributed by atoms with E-state index in [9.17, 15) is 14.9 Å². The smallest absolute Gasteiger partial charge is 0.267 e. The molecular formula is C18H18ClN3O3. The van der Waals surface area contributed by atoms with Gasteiger partial charge in [0.25, 0.3) is 11.6 Å². The average molecular weight is 360 g/mol. The predicted molar refractivity (Wildman–Crippen MR) is 98.2 cm³/mol. The van der Waals surface area contributed by atoms with Crippen molar-refractivity contribution in [1.82, 2.24) is 5.43 Å². The van der Waals surface area contributed by atoms with Crippen molar-refractivity contribution in [3.63, 3.8) is 0 Å². The zero-order valence-corrected chi connectivity index (χ0v) is 14.5. The summed E-state index contributed by atoms with van der Waals surface area (Å²) >= 11 is 5.91. The number of hydrogen-bond donors (Lipinski definition) is 1. The fraction of sp³-hybridized carbons (Fsp3) is 0.222. The number of carbonyl (C=O) groups excluding carboxylic acids is 1. The molecule has 2 aromatic carbocycles. The number of nitro benzene ring substituents is 1. The summed E-state index contributed by atoms with van der Waals surface area (Å²) in [7, 11) is 0. The minimum atomic E-state index is -0.574. The van der Waals surface area contributed by atoms with Crippen LogP contribution in [-0.2, 0) is 6.42 Å². The van der Waals surface area contributed by atoms with Gasteiger partial charge in [0, 0.05) is 12.1 Å². The number of non-ortho nitro benzene ring substituents is 1. The molecular weight excluding hydrogens is 342 g/mol. The van der Waals surface area contributed by atoms with Gasteiger partial charge in [-0.25, -0.2) is 5.43 Å². The van der Waals surface area contributed by atoms with Crippen LogP contribution in [0.2, 0.25) is 5.02 Å². The number of amides is 1. The van der Waals surface area contributed by atoms with E-state index in [1.54, 1.807) is 0 Å². The summed E-state index contributed by atoms with van der Waals surface area (Å²) in [5.74, 6) is -0.532. The van der Waals surface area contributed by atoms with Crippen molar-refractivity contribution in [2.24, 2.45) is 5.10 Å². The van der Waals surface area contributed by atoms with Gasteiger partial charge in [0.2, 0.25) is 0 Å². The zero-order chi connectivity index (χ0) is 18.2. The minimum Gasteiger partial charge on any atom is -0.267 e. The Morgan fingerprint density at radius 3 is 2.60 bits per heavy atom. The van der Waals surface area contributed by atoms with Crippen LogP contribution in [0.25, 0.3) is 0 Å². The van der Waals surface area contributed by atoms with Gasteiger partial charge < -0.3 is 0 Å². The van der Waals surface area contributed by atoms with Crippen LogP contribution in [0.5, 0.6) is 0 Å². The van der Waals surface area contributed by atoms with Gasteiger partial charge in [-0.2, -0.15) is 5.10 Å². The number of carbonyl (C=O) groups is 1. The first-order valence-electron chi connectivity index (χ1n) is 7.87. The number of nitrogens with zero attached hydrogens (tertiary/aromatic N) is 2. The van der Waals surface area contributed by atoms with Gasteiger partial charge in [-0.1, -0.05) is 49.2 Å². The molecule has 0 unspecified atom stereocenters. The molecule has 0 saturated heterocycles. The summed E-state index contributed by atoms with van der Waals surface area (Å²) in [6.07, 6.45) is 4.88. The van der Waals surface area contributed by atoms with E-state index in [0.29, 0.717) is 0 Å². The van der Waals surface area contributed by atoms with Crippen LogP contribution in [0, 0.1) is 10.1 Å². The predicted octanol–water partition coefficient (Wildman–Crippen LogP) is 4.35. The van der Waals surface area contributed by atoms with Crippen LogP contribution < -0.4 is 5.43 Å². The highest BCUT2D eigenvalue weighted by molar-refractivity contribution is 6.34. The van der Waals surface area contributed by atoms with Crippen molar-refractivity contribution in [3.05, 3.63) is 74.3 Å². The van der Waals surface area contributed by atoms with Crippen LogP contribution in [-0.4, -0.2) is 17.0 Å². The SMILES string of the molecule is CCCCc1ccc(/C=N/NC(=O)c2ccc([N+](=O)[O-])cc2Cl)cc1. The molecule has 0 heterocycles. The van der Waals surface area contributed by atoms with Crippen LogP contribution in [0.3, 0.4) is 0 Å². The summed E-state index contributed by atoms with van der Waals surface area (Å²) in [5.41, 5.74) is 4.43. The van der Waals surface area contributed by atoms with E-state index in [4.69, 9.17) is 11.6 Å². The second kappa shape index (κ2) is 8.94. The van der Waals surface area contributed by atoms with Gasteiger partial charge >= 0.3 is 0 Å². The maximum absolute atomic E-state index is 12.0. The van der Waals surface area contributed by atoms with E-state index in [0.717, 1.165) is 30.9 Å². The summed E-state index contributed by atoms with van der Waals surface area (Å²) in [6.45, 7) is 2.15. The van der Waals surface area contributed by atoms with E-state index < -0.39 is 10.8 Å². The van der Waals surface area contributed by atoms with Crippen molar-refractivity contribution in [2.45, 2.75) is 26.2 Å². The molecule has 6 nitrogen and oxygen atoms in total. The average Bonchev–Trinajstić information content (AvgIpc) is 2.60. The second-order valence-electron chi connectivity index (χ2n) is 5.47. The number of aryl methyl sites for hydroxylation is 1. The first-order valence-corrected chi connectivity index (χ1v) is 8.25. The van der Waals surface area contributed by atoms with Crippen LogP contribution in [0.15, 0.2) is 47.6 Å². The van der Waals surface area contributed by atoms with E-state index in [2.05, 4.69) is 17.5 Å². The topological polar surface area (TPSA) is 84.6 Å². The number of nitro groups is 1. The molecule has 1 amide bonds. The minimum absolute atomic E-state index is 0.00202. The summed E-state index contributed by atoms with van der Waals surface area (Å²) in [4.78, 5) is 22.1. The number of hydrogen-bond acceptors (Lipinski definition) is 4. The largest absolute Gasteiger partial charge is 0.272 e. The summed E-state index contributed by atoms with van der Waals surface area (Å²) < 4.78 is 0. The molecule has 0 saturated carbocycles. The van der Waals surface area contributed by atoms with Gasteiger partial charge in [-0.05, 0) is 30.0 Å². The lowest BCUT2D eigenvalue weighted by Crippen LogP contribution is -2.18. The number of unbranched alkanes of at least 4 members (excludes halogenated alkanes) is 1. The Labute approximate surface area is 150 Å². The summed E-state index contributed by atoms with van der Waals surface area (Å²) in [6, 6.07) is 11.6. The van der Waals surface area contributed by atoms with Crippen LogP contribution in [0.4, 0.5) is 5.69 Å². The third kappa shape index (κ3) is 5.39. The Bertz CT molecular complexity index is 789. The van der Waals surface area contributed by atoms with Gasteiger partial charge in [-0.15, -0.1) is 0 Å². The highest BCUT2D eigenvalue weighted by Crippen LogP contribution is 2.22. The third-order valence-electron chi connectivity index (χ3n) is 3.59. The Hall–Kier alpha value is -2.73. The fourth-order valence-corrected chi connectivity index (χ4v) is 2.44. The molecule has 0 aromatic heterocycles. The highest BCUT2D eigenvalue weighted by atomic mass is 35.5. The lowest BCUT2D eigenvalue weighted by atomic mass is 10.1. The molecule has 0 aliphatic heterocycles. The van der Waals surface area contributed by atoms with Crippen LogP contribution in [0.1, 0.15) is 41.3 Å². The molecule has 0 radical (unpaired) electrons. The zero-order valence-electron chi connectivity index (χ0n) is 13.7. The van der Waals surface area contributed by atoms with E-state index >= 15 is 0 Å². The maximum Gasteiger partial charge on any atom is 0.272 e. The highest BCUT2D eigenvalue weighted by Gasteiger charge is 2.14. The number of rotatable bonds is 7. The van der Waals surface area contributed by atoms with Gasteiger partial charge in [0.1, 0.15) is 0 Å². The molecule has 0 bridgehead atoms. The number of halogens is 1. The Kier molecular flexibility index (Phi) is 6.65. The van der Waals surface area contributed by atoms with Crippen molar-refractivity contribution in [2.75, 3.05) is 0 Å². The number of hydrazone groups is 1. The molecule has 0 aliphatic rings.